The largest absolute Gasteiger partial charge is 0.399 e. The van der Waals surface area contributed by atoms with Gasteiger partial charge in [0, 0.05) is 59.3 Å². The van der Waals surface area contributed by atoms with Crippen LogP contribution in [-0.4, -0.2) is 147 Å². The van der Waals surface area contributed by atoms with E-state index in [0.29, 0.717) is 42.5 Å². The molecular weight excluding hydrogens is 1080 g/mol. The summed E-state index contributed by atoms with van der Waals surface area (Å²) < 4.78 is 41.0. The number of benzene rings is 3. The fraction of sp³-hybridized carbons (Fsp3) is 0.464. The molecule has 8 N–H and O–H groups in total. The lowest BCUT2D eigenvalue weighted by Crippen LogP contribution is -2.61. The zero-order valence-corrected chi connectivity index (χ0v) is 45.7. The van der Waals surface area contributed by atoms with E-state index in [-0.39, 0.29) is 79.2 Å². The molecule has 20 nitrogen and oxygen atoms in total. The van der Waals surface area contributed by atoms with E-state index in [0.717, 1.165) is 72.6 Å². The number of fused-ring (bicyclic) bond motifs is 3. The highest BCUT2D eigenvalue weighted by atomic mass is 32.1. The molecule has 4 saturated heterocycles. The number of likely N-dealkylation sites (tertiary alicyclic amines) is 1. The van der Waals surface area contributed by atoms with Gasteiger partial charge >= 0.3 is 13.3 Å². The Balaban J connectivity index is 0.813. The number of nitrogens with zero attached hydrogens (tertiary/aromatic N) is 4. The molecule has 1 aromatic heterocycles. The van der Waals surface area contributed by atoms with Gasteiger partial charge < -0.3 is 51.1 Å². The number of halogens is 2. The molecule has 4 aromatic rings. The lowest BCUT2D eigenvalue weighted by molar-refractivity contribution is -0.144. The second-order valence-corrected chi connectivity index (χ2v) is 24.0. The molecule has 0 saturated carbocycles. The molecule has 0 radical (unpaired) electrons. The number of alkyl halides is 2. The van der Waals surface area contributed by atoms with Crippen LogP contribution in [0.15, 0.2) is 72.8 Å². The van der Waals surface area contributed by atoms with E-state index in [1.807, 2.05) is 41.3 Å². The number of rotatable bonds is 17. The Kier molecular flexibility index (Phi) is 17.6. The highest BCUT2D eigenvalue weighted by Gasteiger charge is 2.51. The van der Waals surface area contributed by atoms with Crippen molar-refractivity contribution in [2.75, 3.05) is 39.8 Å². The van der Waals surface area contributed by atoms with Crippen LogP contribution in [0, 0.1) is 17.8 Å². The van der Waals surface area contributed by atoms with Crippen molar-refractivity contribution in [3.05, 3.63) is 105 Å². The Morgan fingerprint density at radius 3 is 2.40 bits per heavy atom. The molecule has 5 aliphatic heterocycles. The molecule has 5 aliphatic rings. The summed E-state index contributed by atoms with van der Waals surface area (Å²) in [6, 6.07) is 14.2. The normalized spacial score (nSPS) is 22.1. The number of primary amides is 1. The van der Waals surface area contributed by atoms with Gasteiger partial charge in [-0.15, -0.1) is 11.3 Å². The van der Waals surface area contributed by atoms with Crippen LogP contribution in [0.3, 0.4) is 0 Å². The number of carbonyl (C=O) groups is 8. The average Bonchev–Trinajstić information content (AvgIpc) is 4.25. The molecule has 4 fully saturated rings. The van der Waals surface area contributed by atoms with Crippen molar-refractivity contribution in [2.24, 2.45) is 11.7 Å². The lowest BCUT2D eigenvalue weighted by Gasteiger charge is -2.38. The molecule has 424 valence electrons. The molecular formula is C56H64F2N9O11PS. The van der Waals surface area contributed by atoms with Crippen LogP contribution >= 0.6 is 18.9 Å². The van der Waals surface area contributed by atoms with Crippen molar-refractivity contribution < 1.29 is 61.5 Å². The number of amides is 8. The first-order valence-electron chi connectivity index (χ1n) is 26.9. The third kappa shape index (κ3) is 13.0. The van der Waals surface area contributed by atoms with Crippen molar-refractivity contribution in [3.8, 4) is 11.8 Å². The minimum absolute atomic E-state index is 0.0544. The van der Waals surface area contributed by atoms with Gasteiger partial charge in [0.15, 0.2) is 0 Å². The maximum atomic E-state index is 14.6. The van der Waals surface area contributed by atoms with E-state index in [4.69, 9.17) is 5.73 Å². The molecule has 3 aromatic carbocycles. The molecule has 24 heteroatoms. The molecule has 6 heterocycles. The van der Waals surface area contributed by atoms with Crippen molar-refractivity contribution in [1.82, 2.24) is 40.9 Å². The number of thiophene rings is 1. The van der Waals surface area contributed by atoms with Crippen LogP contribution in [-0.2, 0) is 45.5 Å². The number of hydrogen-bond donors (Lipinski definition) is 7. The van der Waals surface area contributed by atoms with Crippen molar-refractivity contribution in [1.29, 1.82) is 0 Å². The maximum Gasteiger partial charge on any atom is 0.399 e. The Labute approximate surface area is 464 Å². The van der Waals surface area contributed by atoms with Gasteiger partial charge in [-0.3, -0.25) is 48.2 Å². The summed E-state index contributed by atoms with van der Waals surface area (Å²) in [5, 5.41) is 11.2. The lowest BCUT2D eigenvalue weighted by atomic mass is 9.95. The Morgan fingerprint density at radius 2 is 1.68 bits per heavy atom. The number of nitrogens with one attached hydrogen (secondary N) is 4. The van der Waals surface area contributed by atoms with E-state index in [1.165, 1.54) is 21.9 Å². The first-order valence-corrected chi connectivity index (χ1v) is 29.3. The second kappa shape index (κ2) is 24.4. The van der Waals surface area contributed by atoms with Gasteiger partial charge in [0.1, 0.15) is 24.2 Å². The van der Waals surface area contributed by atoms with Gasteiger partial charge in [0.25, 0.3) is 11.8 Å². The first-order chi connectivity index (χ1) is 38.1. The molecule has 8 amide bonds. The molecule has 80 heavy (non-hydrogen) atoms. The standard InChI is InChI=1S/C56H64F2N9O11PS/c1-64-26-24-38-15-17-45(67(38)55(75)43(32-64)62-53(73)47-30-36-29-37(14-19-46(36)80-47)56(57,58)79(76,77)78)52(72)61-42(16-20-48(59)68)50(70)60-41(35-7-3-2-4-8-35)11-6-25-65-27-22-33(23-28-65)12-13-34-9-5-10-39-40(34)31-66(54(39)74)44-18-21-49(69)63-51(44)71/h2-5,7-10,14,19,29-30,33,38,41-45H,6,11,15-18,20-28,31-32H2,1H3,(H2,59,68)(H,60,70)(H,61,72)(H,62,73)(H,63,69,71)(H2,76,77,78)/t38-,41-,42+,43+,44?,45+/m1/s1. The summed E-state index contributed by atoms with van der Waals surface area (Å²) in [5.41, 5.74) is 3.08. The summed E-state index contributed by atoms with van der Waals surface area (Å²) in [4.78, 5) is 133. The number of likely N-dealkylation sites (N-methyl/N-ethyl adjacent to an activating group) is 1. The summed E-state index contributed by atoms with van der Waals surface area (Å²) in [6.07, 6.45) is 4.28. The van der Waals surface area contributed by atoms with Gasteiger partial charge in [-0.05, 0) is 138 Å². The van der Waals surface area contributed by atoms with Crippen molar-refractivity contribution in [2.45, 2.75) is 119 Å². The number of hydrogen-bond acceptors (Lipinski definition) is 12. The smallest absolute Gasteiger partial charge is 0.370 e. The SMILES string of the molecule is CN1CC[C@H]2CC[C@@H](C(=O)N[C@@H](CCC(N)=O)C(=O)N[C@H](CCCN3CCC(C#Cc4cccc5c4CN(C4CCC(=O)NC4=O)C5=O)CC3)c3ccccc3)N2C(=O)[C@@H](NC(=O)c2cc3cc(C(F)(F)P(=O)(O)O)ccc3s2)C1. The minimum atomic E-state index is -5.85. The van der Waals surface area contributed by atoms with Crippen LogP contribution in [0.1, 0.15) is 119 Å². The van der Waals surface area contributed by atoms with E-state index < -0.39 is 84.5 Å². The van der Waals surface area contributed by atoms with Crippen molar-refractivity contribution >= 4 is 76.3 Å². The summed E-state index contributed by atoms with van der Waals surface area (Å²) in [5.74, 6) is 2.78. The Hall–Kier alpha value is -6.93. The molecule has 1 unspecified atom stereocenters. The number of piperidine rings is 2. The quantitative estimate of drug-likeness (QED) is 0.0450. The van der Waals surface area contributed by atoms with Gasteiger partial charge in [0.2, 0.25) is 35.4 Å². The predicted molar refractivity (Wildman–Crippen MR) is 290 cm³/mol. The third-order valence-corrected chi connectivity index (χ3v) is 17.9. The maximum absolute atomic E-state index is 14.6. The minimum Gasteiger partial charge on any atom is -0.370 e. The predicted octanol–water partition coefficient (Wildman–Crippen LogP) is 3.83. The zero-order valence-electron chi connectivity index (χ0n) is 44.0. The van der Waals surface area contributed by atoms with Gasteiger partial charge in [0.05, 0.1) is 10.9 Å². The monoisotopic (exact) mass is 1140 g/mol. The molecule has 6 atom stereocenters. The average molecular weight is 1140 g/mol. The summed E-state index contributed by atoms with van der Waals surface area (Å²) >= 11 is 0.942. The molecule has 0 bridgehead atoms. The Bertz CT molecular complexity index is 3190. The van der Waals surface area contributed by atoms with Crippen molar-refractivity contribution in [3.63, 3.8) is 0 Å². The fourth-order valence-electron chi connectivity index (χ4n) is 11.4. The fourth-order valence-corrected chi connectivity index (χ4v) is 12.9. The van der Waals surface area contributed by atoms with Crippen LogP contribution in [0.2, 0.25) is 0 Å². The van der Waals surface area contributed by atoms with E-state index in [1.54, 1.807) is 19.2 Å². The van der Waals surface area contributed by atoms with Gasteiger partial charge in [-0.1, -0.05) is 54.3 Å². The summed E-state index contributed by atoms with van der Waals surface area (Å²) in [6.45, 7) is 3.17. The topological polar surface area (TPSA) is 281 Å². The Morgan fingerprint density at radius 1 is 0.912 bits per heavy atom. The third-order valence-electron chi connectivity index (χ3n) is 15.8. The summed E-state index contributed by atoms with van der Waals surface area (Å²) in [7, 11) is -4.06. The number of nitrogens with two attached hydrogens (primary N) is 1. The van der Waals surface area contributed by atoms with Crippen LogP contribution < -0.4 is 27.0 Å². The highest BCUT2D eigenvalue weighted by molar-refractivity contribution is 7.52. The van der Waals surface area contributed by atoms with Crippen LogP contribution in [0.25, 0.3) is 10.1 Å². The number of imide groups is 1. The van der Waals surface area contributed by atoms with E-state index in [9.17, 15) is 61.5 Å². The first kappa shape index (κ1) is 57.7. The second-order valence-electron chi connectivity index (χ2n) is 21.3. The molecule has 0 aliphatic carbocycles. The zero-order chi connectivity index (χ0) is 57.0. The van der Waals surface area contributed by atoms with E-state index in [2.05, 4.69) is 38.0 Å². The van der Waals surface area contributed by atoms with E-state index >= 15 is 0 Å². The van der Waals surface area contributed by atoms with Crippen LogP contribution in [0.4, 0.5) is 8.78 Å². The van der Waals surface area contributed by atoms with Gasteiger partial charge in [-0.25, -0.2) is 0 Å². The van der Waals surface area contributed by atoms with Crippen LogP contribution in [0.5, 0.6) is 0 Å². The number of carbonyl (C=O) groups excluding carboxylic acids is 8. The highest BCUT2D eigenvalue weighted by Crippen LogP contribution is 2.59. The molecule has 0 spiro atoms. The molecule has 9 rings (SSSR count). The van der Waals surface area contributed by atoms with Gasteiger partial charge in [-0.2, -0.15) is 8.78 Å².